The van der Waals surface area contributed by atoms with E-state index in [1.165, 1.54) is 25.2 Å². The molecule has 0 aliphatic rings. The molecule has 0 saturated carbocycles. The minimum atomic E-state index is -4.62. The SMILES string of the molecule is Cn1c(C(F)(F)F)cc2cc(CNC(=O)c3ncc(C(F)(F)F)cn3)ccc21. The van der Waals surface area contributed by atoms with Crippen LogP contribution in [-0.2, 0) is 25.9 Å². The molecule has 0 radical (unpaired) electrons. The lowest BCUT2D eigenvalue weighted by atomic mass is 10.1. The third kappa shape index (κ3) is 3.92. The first-order chi connectivity index (χ1) is 13.0. The molecule has 0 saturated heterocycles. The molecule has 1 aromatic carbocycles. The predicted octanol–water partition coefficient (Wildman–Crippen LogP) is 3.94. The zero-order valence-corrected chi connectivity index (χ0v) is 14.2. The molecule has 0 fully saturated rings. The molecule has 1 amide bonds. The summed E-state index contributed by atoms with van der Waals surface area (Å²) in [5, 5.41) is 2.76. The average Bonchev–Trinajstić information content (AvgIpc) is 2.95. The summed E-state index contributed by atoms with van der Waals surface area (Å²) in [5.41, 5.74) is -1.01. The maximum Gasteiger partial charge on any atom is 0.431 e. The van der Waals surface area contributed by atoms with Crippen LogP contribution >= 0.6 is 0 Å². The Morgan fingerprint density at radius 1 is 1.04 bits per heavy atom. The molecular weight excluding hydrogens is 390 g/mol. The first-order valence-electron chi connectivity index (χ1n) is 7.80. The number of rotatable bonds is 3. The zero-order valence-electron chi connectivity index (χ0n) is 14.2. The summed E-state index contributed by atoms with van der Waals surface area (Å²) in [7, 11) is 1.30. The van der Waals surface area contributed by atoms with Crippen molar-refractivity contribution in [3.63, 3.8) is 0 Å². The quantitative estimate of drug-likeness (QED) is 0.676. The third-order valence-electron chi connectivity index (χ3n) is 4.03. The number of fused-ring (bicyclic) bond motifs is 1. The van der Waals surface area contributed by atoms with Gasteiger partial charge in [-0.15, -0.1) is 0 Å². The molecule has 0 aliphatic carbocycles. The lowest BCUT2D eigenvalue weighted by molar-refractivity contribution is -0.142. The van der Waals surface area contributed by atoms with Crippen LogP contribution in [0.2, 0.25) is 0 Å². The number of nitrogens with zero attached hydrogens (tertiary/aromatic N) is 3. The number of carbonyl (C=O) groups excluding carboxylic acids is 1. The molecule has 28 heavy (non-hydrogen) atoms. The highest BCUT2D eigenvalue weighted by Crippen LogP contribution is 2.33. The van der Waals surface area contributed by atoms with Gasteiger partial charge in [-0.25, -0.2) is 9.97 Å². The lowest BCUT2D eigenvalue weighted by Gasteiger charge is -2.08. The standard InChI is InChI=1S/C17H12F6N4O/c1-27-12-3-2-9(4-10(12)5-13(27)17(21,22)23)6-26-15(28)14-24-7-11(8-25-14)16(18,19)20/h2-5,7-8H,6H2,1H3,(H,26,28). The Kier molecular flexibility index (Phi) is 4.77. The van der Waals surface area contributed by atoms with Crippen LogP contribution in [0.1, 0.15) is 27.4 Å². The highest BCUT2D eigenvalue weighted by Gasteiger charge is 2.34. The van der Waals surface area contributed by atoms with Crippen LogP contribution in [0.4, 0.5) is 26.3 Å². The van der Waals surface area contributed by atoms with E-state index in [-0.39, 0.29) is 6.54 Å². The van der Waals surface area contributed by atoms with Crippen LogP contribution in [0, 0.1) is 0 Å². The van der Waals surface area contributed by atoms with E-state index in [1.807, 2.05) is 0 Å². The Morgan fingerprint density at radius 3 is 2.25 bits per heavy atom. The van der Waals surface area contributed by atoms with Gasteiger partial charge >= 0.3 is 12.4 Å². The van der Waals surface area contributed by atoms with Gasteiger partial charge in [-0.1, -0.05) is 6.07 Å². The summed E-state index contributed by atoms with van der Waals surface area (Å²) in [6.07, 6.45) is -8.12. The number of nitrogens with one attached hydrogen (secondary N) is 1. The topological polar surface area (TPSA) is 59.8 Å². The Balaban J connectivity index is 1.73. The van der Waals surface area contributed by atoms with Gasteiger partial charge in [-0.05, 0) is 23.8 Å². The first-order valence-corrected chi connectivity index (χ1v) is 7.80. The van der Waals surface area contributed by atoms with Crippen molar-refractivity contribution in [1.82, 2.24) is 19.9 Å². The van der Waals surface area contributed by atoms with E-state index >= 15 is 0 Å². The number of hydrogen-bond donors (Lipinski definition) is 1. The second-order valence-electron chi connectivity index (χ2n) is 5.96. The van der Waals surface area contributed by atoms with Crippen molar-refractivity contribution in [2.24, 2.45) is 7.05 Å². The Labute approximate surface area is 154 Å². The van der Waals surface area contributed by atoms with E-state index in [0.29, 0.717) is 28.9 Å². The van der Waals surface area contributed by atoms with Crippen molar-refractivity contribution in [2.45, 2.75) is 18.9 Å². The molecule has 2 aromatic heterocycles. The van der Waals surface area contributed by atoms with E-state index < -0.39 is 35.3 Å². The van der Waals surface area contributed by atoms with Crippen molar-refractivity contribution >= 4 is 16.8 Å². The molecule has 1 N–H and O–H groups in total. The van der Waals surface area contributed by atoms with Crippen molar-refractivity contribution in [3.05, 3.63) is 59.3 Å². The van der Waals surface area contributed by atoms with Crippen LogP contribution in [0.3, 0.4) is 0 Å². The van der Waals surface area contributed by atoms with Crippen molar-refractivity contribution in [2.75, 3.05) is 0 Å². The van der Waals surface area contributed by atoms with Crippen LogP contribution in [0.5, 0.6) is 0 Å². The Bertz CT molecular complexity index is 1020. The first kappa shape index (κ1) is 19.6. The number of hydrogen-bond acceptors (Lipinski definition) is 3. The fourth-order valence-electron chi connectivity index (χ4n) is 2.63. The summed E-state index contributed by atoms with van der Waals surface area (Å²) < 4.78 is 77.3. The number of halogens is 6. The minimum Gasteiger partial charge on any atom is -0.345 e. The zero-order chi connectivity index (χ0) is 20.7. The Hall–Kier alpha value is -3.11. The number of benzene rings is 1. The van der Waals surface area contributed by atoms with Gasteiger partial charge in [0.05, 0.1) is 5.56 Å². The van der Waals surface area contributed by atoms with E-state index in [9.17, 15) is 31.1 Å². The van der Waals surface area contributed by atoms with Gasteiger partial charge in [0, 0.05) is 36.9 Å². The highest BCUT2D eigenvalue weighted by atomic mass is 19.4. The molecule has 0 spiro atoms. The van der Waals surface area contributed by atoms with Crippen LogP contribution in [0.25, 0.3) is 10.9 Å². The Morgan fingerprint density at radius 2 is 1.68 bits per heavy atom. The number of alkyl halides is 6. The number of aryl methyl sites for hydroxylation is 1. The summed E-state index contributed by atoms with van der Waals surface area (Å²) >= 11 is 0. The van der Waals surface area contributed by atoms with Crippen molar-refractivity contribution < 1.29 is 31.1 Å². The molecule has 0 aliphatic heterocycles. The minimum absolute atomic E-state index is 0.0601. The largest absolute Gasteiger partial charge is 0.431 e. The van der Waals surface area contributed by atoms with Gasteiger partial charge in [0.25, 0.3) is 5.91 Å². The van der Waals surface area contributed by atoms with E-state index in [0.717, 1.165) is 10.6 Å². The normalized spacial score (nSPS) is 12.4. The maximum absolute atomic E-state index is 13.0. The molecule has 3 aromatic rings. The molecule has 11 heteroatoms. The molecule has 0 bridgehead atoms. The van der Waals surface area contributed by atoms with E-state index in [2.05, 4.69) is 15.3 Å². The van der Waals surface area contributed by atoms with Gasteiger partial charge in [-0.2, -0.15) is 26.3 Å². The van der Waals surface area contributed by atoms with E-state index in [1.54, 1.807) is 0 Å². The van der Waals surface area contributed by atoms with Gasteiger partial charge in [-0.3, -0.25) is 4.79 Å². The third-order valence-corrected chi connectivity index (χ3v) is 4.03. The molecule has 0 unspecified atom stereocenters. The van der Waals surface area contributed by atoms with Gasteiger partial charge in [0.15, 0.2) is 0 Å². The van der Waals surface area contributed by atoms with Crippen LogP contribution in [0.15, 0.2) is 36.7 Å². The van der Waals surface area contributed by atoms with Crippen molar-refractivity contribution in [1.29, 1.82) is 0 Å². The molecule has 148 valence electrons. The van der Waals surface area contributed by atoms with Crippen molar-refractivity contribution in [3.8, 4) is 0 Å². The second-order valence-corrected chi connectivity index (χ2v) is 5.96. The maximum atomic E-state index is 13.0. The molecule has 5 nitrogen and oxygen atoms in total. The summed E-state index contributed by atoms with van der Waals surface area (Å²) in [6, 6.07) is 5.51. The van der Waals surface area contributed by atoms with E-state index in [4.69, 9.17) is 0 Å². The monoisotopic (exact) mass is 402 g/mol. The number of aromatic nitrogens is 3. The fraction of sp³-hybridized carbons (Fsp3) is 0.235. The van der Waals surface area contributed by atoms with Gasteiger partial charge < -0.3 is 9.88 Å². The fourth-order valence-corrected chi connectivity index (χ4v) is 2.63. The number of amides is 1. The molecular formula is C17H12F6N4O. The molecule has 2 heterocycles. The molecule has 3 rings (SSSR count). The van der Waals surface area contributed by atoms with Crippen LogP contribution < -0.4 is 5.32 Å². The predicted molar refractivity (Wildman–Crippen MR) is 86.1 cm³/mol. The summed E-state index contributed by atoms with van der Waals surface area (Å²) in [4.78, 5) is 18.7. The van der Waals surface area contributed by atoms with Crippen LogP contribution in [-0.4, -0.2) is 20.4 Å². The number of carbonyl (C=O) groups is 1. The molecule has 0 atom stereocenters. The highest BCUT2D eigenvalue weighted by molar-refractivity contribution is 5.90. The van der Waals surface area contributed by atoms with Gasteiger partial charge in [0.2, 0.25) is 5.82 Å². The summed E-state index contributed by atoms with van der Waals surface area (Å²) in [5.74, 6) is -1.26. The summed E-state index contributed by atoms with van der Waals surface area (Å²) in [6.45, 7) is -0.0601. The lowest BCUT2D eigenvalue weighted by Crippen LogP contribution is -2.25. The van der Waals surface area contributed by atoms with Gasteiger partial charge in [0.1, 0.15) is 5.69 Å². The average molecular weight is 402 g/mol. The second kappa shape index (κ2) is 6.80. The smallest absolute Gasteiger partial charge is 0.345 e.